The van der Waals surface area contributed by atoms with E-state index < -0.39 is 0 Å². The number of phenols is 1. The lowest BCUT2D eigenvalue weighted by molar-refractivity contribution is 0.122. The second kappa shape index (κ2) is 7.09. The zero-order chi connectivity index (χ0) is 18.9. The average molecular weight is 375 g/mol. The lowest BCUT2D eigenvalue weighted by Crippen LogP contribution is -2.37. The molecule has 0 saturated carbocycles. The predicted octanol–water partition coefficient (Wildman–Crippen LogP) is 2.78. The minimum Gasteiger partial charge on any atom is -0.508 e. The summed E-state index contributed by atoms with van der Waals surface area (Å²) in [4.78, 5) is 18.4. The van der Waals surface area contributed by atoms with Crippen molar-refractivity contribution in [2.45, 2.75) is 6.42 Å². The van der Waals surface area contributed by atoms with Crippen LogP contribution in [-0.2, 0) is 11.2 Å². The van der Waals surface area contributed by atoms with Crippen LogP contribution in [0, 0.1) is 0 Å². The van der Waals surface area contributed by atoms with Crippen LogP contribution >= 0.6 is 0 Å². The van der Waals surface area contributed by atoms with Crippen molar-refractivity contribution < 1.29 is 9.84 Å². The molecule has 28 heavy (non-hydrogen) atoms. The second-order valence-electron chi connectivity index (χ2n) is 6.93. The van der Waals surface area contributed by atoms with Crippen molar-refractivity contribution in [3.05, 3.63) is 54.4 Å². The van der Waals surface area contributed by atoms with E-state index in [0.717, 1.165) is 60.3 Å². The maximum absolute atomic E-state index is 9.68. The molecule has 7 nitrogen and oxygen atoms in total. The molecule has 0 unspecified atom stereocenters. The number of phenolic OH excluding ortho intramolecular Hbond substituents is 1. The van der Waals surface area contributed by atoms with Crippen LogP contribution in [0.3, 0.4) is 0 Å². The Bertz CT molecular complexity index is 972. The van der Waals surface area contributed by atoms with E-state index in [1.54, 1.807) is 24.5 Å². The van der Waals surface area contributed by atoms with E-state index >= 15 is 0 Å². The Kier molecular flexibility index (Phi) is 4.29. The summed E-state index contributed by atoms with van der Waals surface area (Å²) in [5.41, 5.74) is 4.14. The molecule has 7 heteroatoms. The smallest absolute Gasteiger partial charge is 0.228 e. The molecule has 1 fully saturated rings. The fraction of sp³-hybridized carbons (Fsp3) is 0.286. The Balaban J connectivity index is 1.64. The first kappa shape index (κ1) is 16.9. The maximum atomic E-state index is 9.68. The Morgan fingerprint density at radius 2 is 1.64 bits per heavy atom. The molecule has 0 bridgehead atoms. The third kappa shape index (κ3) is 3.03. The number of nitrogens with zero attached hydrogens (tertiary/aromatic N) is 5. The van der Waals surface area contributed by atoms with Gasteiger partial charge in [-0.05, 0) is 42.8 Å². The Morgan fingerprint density at radius 1 is 0.893 bits per heavy atom. The zero-order valence-corrected chi connectivity index (χ0v) is 15.5. The molecular formula is C21H21N5O2. The van der Waals surface area contributed by atoms with Crippen molar-refractivity contribution in [2.75, 3.05) is 42.6 Å². The van der Waals surface area contributed by atoms with Crippen LogP contribution < -0.4 is 9.80 Å². The average Bonchev–Trinajstić information content (AvgIpc) is 3.19. The highest BCUT2D eigenvalue weighted by molar-refractivity contribution is 5.77. The summed E-state index contributed by atoms with van der Waals surface area (Å²) in [5, 5.41) is 9.68. The van der Waals surface area contributed by atoms with Gasteiger partial charge >= 0.3 is 0 Å². The van der Waals surface area contributed by atoms with Crippen LogP contribution in [0.25, 0.3) is 11.3 Å². The van der Waals surface area contributed by atoms with Gasteiger partial charge in [-0.25, -0.2) is 4.98 Å². The van der Waals surface area contributed by atoms with Crippen molar-refractivity contribution in [1.29, 1.82) is 0 Å². The minimum atomic E-state index is 0.251. The van der Waals surface area contributed by atoms with E-state index in [2.05, 4.69) is 14.8 Å². The van der Waals surface area contributed by atoms with Gasteiger partial charge in [-0.3, -0.25) is 4.98 Å². The molecule has 2 aliphatic heterocycles. The Morgan fingerprint density at radius 3 is 2.39 bits per heavy atom. The first-order chi connectivity index (χ1) is 13.8. The molecule has 0 atom stereocenters. The van der Waals surface area contributed by atoms with Gasteiger partial charge in [0.1, 0.15) is 11.6 Å². The number of anilines is 3. The Hall–Kier alpha value is -3.19. The van der Waals surface area contributed by atoms with Crippen molar-refractivity contribution in [3.8, 4) is 17.0 Å². The van der Waals surface area contributed by atoms with Crippen LogP contribution in [-0.4, -0.2) is 52.9 Å². The van der Waals surface area contributed by atoms with Crippen LogP contribution in [0.1, 0.15) is 5.56 Å². The highest BCUT2D eigenvalue weighted by atomic mass is 16.5. The molecule has 2 aromatic heterocycles. The SMILES string of the molecule is Oc1ccc(-c2nc(N3CCOCC3)nc3c2CCN3c2ccncc2)cc1. The van der Waals surface area contributed by atoms with Crippen molar-refractivity contribution in [1.82, 2.24) is 15.0 Å². The Labute approximate surface area is 163 Å². The van der Waals surface area contributed by atoms with Crippen molar-refractivity contribution in [2.24, 2.45) is 0 Å². The van der Waals surface area contributed by atoms with Crippen LogP contribution in [0.15, 0.2) is 48.8 Å². The summed E-state index contributed by atoms with van der Waals surface area (Å²) in [7, 11) is 0. The molecule has 2 aliphatic rings. The highest BCUT2D eigenvalue weighted by Crippen LogP contribution is 2.39. The van der Waals surface area contributed by atoms with Gasteiger partial charge in [0, 0.05) is 48.8 Å². The number of benzene rings is 1. The van der Waals surface area contributed by atoms with Crippen LogP contribution in [0.5, 0.6) is 5.75 Å². The molecule has 1 N–H and O–H groups in total. The number of rotatable bonds is 3. The van der Waals surface area contributed by atoms with E-state index in [-0.39, 0.29) is 5.75 Å². The topological polar surface area (TPSA) is 74.6 Å². The standard InChI is InChI=1S/C21H21N5O2/c27-17-3-1-15(2-4-17)19-18-7-10-26(16-5-8-22-9-6-16)20(18)24-21(23-19)25-11-13-28-14-12-25/h1-6,8-9,27H,7,10-14H2. The quantitative estimate of drug-likeness (QED) is 0.754. The van der Waals surface area contributed by atoms with Crippen molar-refractivity contribution >= 4 is 17.5 Å². The van der Waals surface area contributed by atoms with E-state index in [1.165, 1.54) is 0 Å². The lowest BCUT2D eigenvalue weighted by atomic mass is 10.1. The maximum Gasteiger partial charge on any atom is 0.228 e. The van der Waals surface area contributed by atoms with Gasteiger partial charge in [0.05, 0.1) is 18.9 Å². The summed E-state index contributed by atoms with van der Waals surface area (Å²) in [6, 6.07) is 11.2. The summed E-state index contributed by atoms with van der Waals surface area (Å²) < 4.78 is 5.49. The first-order valence-electron chi connectivity index (χ1n) is 9.50. The summed E-state index contributed by atoms with van der Waals surface area (Å²) in [6.45, 7) is 3.78. The second-order valence-corrected chi connectivity index (χ2v) is 6.93. The van der Waals surface area contributed by atoms with Gasteiger partial charge in [-0.1, -0.05) is 0 Å². The largest absolute Gasteiger partial charge is 0.508 e. The lowest BCUT2D eigenvalue weighted by Gasteiger charge is -2.28. The molecule has 0 radical (unpaired) electrons. The van der Waals surface area contributed by atoms with Crippen LogP contribution in [0.2, 0.25) is 0 Å². The molecule has 1 aromatic carbocycles. The number of morpholine rings is 1. The fourth-order valence-corrected chi connectivity index (χ4v) is 3.78. The number of fused-ring (bicyclic) bond motifs is 1. The van der Waals surface area contributed by atoms with Gasteiger partial charge < -0.3 is 19.6 Å². The minimum absolute atomic E-state index is 0.251. The first-order valence-corrected chi connectivity index (χ1v) is 9.50. The molecule has 0 spiro atoms. The fourth-order valence-electron chi connectivity index (χ4n) is 3.78. The molecule has 0 aliphatic carbocycles. The predicted molar refractivity (Wildman–Crippen MR) is 107 cm³/mol. The van der Waals surface area contributed by atoms with E-state index in [1.807, 2.05) is 24.3 Å². The van der Waals surface area contributed by atoms with Gasteiger partial charge in [-0.2, -0.15) is 4.98 Å². The van der Waals surface area contributed by atoms with Gasteiger partial charge in [-0.15, -0.1) is 0 Å². The molecule has 4 heterocycles. The number of aromatic nitrogens is 3. The molecule has 5 rings (SSSR count). The summed E-state index contributed by atoms with van der Waals surface area (Å²) in [6.07, 6.45) is 4.48. The third-order valence-corrected chi connectivity index (χ3v) is 5.22. The number of hydrogen-bond donors (Lipinski definition) is 1. The summed E-state index contributed by atoms with van der Waals surface area (Å²) in [5.74, 6) is 1.93. The van der Waals surface area contributed by atoms with Crippen molar-refractivity contribution in [3.63, 3.8) is 0 Å². The van der Waals surface area contributed by atoms with E-state index in [0.29, 0.717) is 13.2 Å². The number of aromatic hydroxyl groups is 1. The van der Waals surface area contributed by atoms with Gasteiger partial charge in [0.2, 0.25) is 5.95 Å². The highest BCUT2D eigenvalue weighted by Gasteiger charge is 2.29. The van der Waals surface area contributed by atoms with E-state index in [9.17, 15) is 5.11 Å². The molecule has 142 valence electrons. The normalized spacial score (nSPS) is 16.3. The number of hydrogen-bond acceptors (Lipinski definition) is 7. The van der Waals surface area contributed by atoms with Gasteiger partial charge in [0.15, 0.2) is 0 Å². The zero-order valence-electron chi connectivity index (χ0n) is 15.5. The number of ether oxygens (including phenoxy) is 1. The number of pyridine rings is 1. The molecule has 0 amide bonds. The van der Waals surface area contributed by atoms with E-state index in [4.69, 9.17) is 14.7 Å². The molecule has 3 aromatic rings. The van der Waals surface area contributed by atoms with Gasteiger partial charge in [0.25, 0.3) is 0 Å². The van der Waals surface area contributed by atoms with Crippen LogP contribution in [0.4, 0.5) is 17.5 Å². The monoisotopic (exact) mass is 375 g/mol. The third-order valence-electron chi connectivity index (χ3n) is 5.22. The molecular weight excluding hydrogens is 354 g/mol. The summed E-state index contributed by atoms with van der Waals surface area (Å²) >= 11 is 0. The molecule has 1 saturated heterocycles.